The lowest BCUT2D eigenvalue weighted by atomic mass is 10.1. The molecule has 0 unspecified atom stereocenters. The van der Waals surface area contributed by atoms with E-state index in [2.05, 4.69) is 32.4 Å². The fourth-order valence-corrected chi connectivity index (χ4v) is 3.02. The molecular weight excluding hydrogens is 342 g/mol. The summed E-state index contributed by atoms with van der Waals surface area (Å²) in [4.78, 5) is 18.0. The third-order valence-corrected chi connectivity index (χ3v) is 4.57. The number of hydrogen-bond donors (Lipinski definition) is 3. The first-order valence-corrected chi connectivity index (χ1v) is 9.38. The molecule has 0 aromatic heterocycles. The Balaban J connectivity index is 1.80. The predicted molar refractivity (Wildman–Crippen MR) is 109 cm³/mol. The molecule has 1 aromatic carbocycles. The number of nitrogens with zero attached hydrogens (tertiary/aromatic N) is 2. The first-order chi connectivity index (χ1) is 13.2. The lowest BCUT2D eigenvalue weighted by molar-refractivity contribution is -0.122. The van der Waals surface area contributed by atoms with Gasteiger partial charge in [0.15, 0.2) is 5.96 Å². The number of benzene rings is 1. The molecule has 1 aromatic rings. The van der Waals surface area contributed by atoms with Crippen LogP contribution in [0.4, 0.5) is 0 Å². The first-order valence-electron chi connectivity index (χ1n) is 9.38. The maximum Gasteiger partial charge on any atom is 0.233 e. The van der Waals surface area contributed by atoms with E-state index in [1.54, 1.807) is 20.2 Å². The van der Waals surface area contributed by atoms with Crippen LogP contribution < -0.4 is 20.7 Å². The van der Waals surface area contributed by atoms with Crippen molar-refractivity contribution in [3.8, 4) is 5.75 Å². The molecule has 0 spiro atoms. The number of likely N-dealkylation sites (tertiary alicyclic amines) is 1. The summed E-state index contributed by atoms with van der Waals surface area (Å²) in [5.74, 6) is 1.69. The Morgan fingerprint density at radius 3 is 2.78 bits per heavy atom. The highest BCUT2D eigenvalue weighted by atomic mass is 16.5. The van der Waals surface area contributed by atoms with E-state index in [9.17, 15) is 4.79 Å². The molecule has 2 rings (SSSR count). The van der Waals surface area contributed by atoms with Gasteiger partial charge in [-0.15, -0.1) is 0 Å². The zero-order chi connectivity index (χ0) is 19.5. The van der Waals surface area contributed by atoms with Gasteiger partial charge in [-0.1, -0.05) is 30.9 Å². The van der Waals surface area contributed by atoms with Crippen molar-refractivity contribution >= 4 is 11.9 Å². The number of aliphatic imine (C=N–C) groups is 1. The van der Waals surface area contributed by atoms with Gasteiger partial charge in [0.05, 0.1) is 6.54 Å². The number of likely N-dealkylation sites (N-methyl/N-ethyl adjacent to an activating group) is 1. The van der Waals surface area contributed by atoms with Gasteiger partial charge in [-0.25, -0.2) is 0 Å². The van der Waals surface area contributed by atoms with Crippen molar-refractivity contribution in [2.24, 2.45) is 4.99 Å². The second-order valence-electron chi connectivity index (χ2n) is 6.50. The van der Waals surface area contributed by atoms with Crippen molar-refractivity contribution in [2.45, 2.75) is 25.4 Å². The summed E-state index contributed by atoms with van der Waals surface area (Å²) >= 11 is 0. The molecule has 27 heavy (non-hydrogen) atoms. The Morgan fingerprint density at radius 1 is 1.37 bits per heavy atom. The van der Waals surface area contributed by atoms with E-state index in [-0.39, 0.29) is 5.91 Å². The summed E-state index contributed by atoms with van der Waals surface area (Å²) in [6.07, 6.45) is 3.70. The van der Waals surface area contributed by atoms with Crippen LogP contribution in [0.25, 0.3) is 0 Å². The molecule has 0 atom stereocenters. The van der Waals surface area contributed by atoms with Crippen LogP contribution in [0, 0.1) is 0 Å². The number of guanidine groups is 1. The van der Waals surface area contributed by atoms with E-state index in [4.69, 9.17) is 4.74 Å². The minimum atomic E-state index is 0.0659. The van der Waals surface area contributed by atoms with Crippen molar-refractivity contribution in [1.29, 1.82) is 0 Å². The van der Waals surface area contributed by atoms with E-state index in [1.165, 1.54) is 0 Å². The summed E-state index contributed by atoms with van der Waals surface area (Å²) < 4.78 is 5.70. The highest BCUT2D eigenvalue weighted by molar-refractivity contribution is 5.80. The number of carbonyl (C=O) groups is 1. The van der Waals surface area contributed by atoms with Crippen LogP contribution in [0.2, 0.25) is 0 Å². The Bertz CT molecular complexity index is 639. The minimum absolute atomic E-state index is 0.0659. The third-order valence-electron chi connectivity index (χ3n) is 4.57. The topological polar surface area (TPSA) is 78.0 Å². The lowest BCUT2D eigenvalue weighted by Gasteiger charge is -2.32. The molecule has 7 heteroatoms. The number of piperidine rings is 1. The van der Waals surface area contributed by atoms with Crippen LogP contribution in [0.3, 0.4) is 0 Å². The van der Waals surface area contributed by atoms with Gasteiger partial charge in [0.25, 0.3) is 0 Å². The molecule has 1 aliphatic rings. The van der Waals surface area contributed by atoms with Gasteiger partial charge in [0, 0.05) is 45.3 Å². The highest BCUT2D eigenvalue weighted by Crippen LogP contribution is 2.17. The maximum atomic E-state index is 11.5. The number of para-hydroxylation sites is 1. The molecule has 0 aliphatic carbocycles. The molecule has 148 valence electrons. The SMILES string of the molecule is C=CCOc1ccccc1CNC(=NC)NC1CCN(CC(=O)NC)CC1. The normalized spacial score (nSPS) is 15.9. The lowest BCUT2D eigenvalue weighted by Crippen LogP contribution is -2.49. The van der Waals surface area contributed by atoms with Crippen LogP contribution >= 0.6 is 0 Å². The fourth-order valence-electron chi connectivity index (χ4n) is 3.02. The van der Waals surface area contributed by atoms with Crippen LogP contribution in [0.5, 0.6) is 5.75 Å². The van der Waals surface area contributed by atoms with Crippen molar-refractivity contribution in [1.82, 2.24) is 20.9 Å². The highest BCUT2D eigenvalue weighted by Gasteiger charge is 2.21. The third kappa shape index (κ3) is 6.94. The molecule has 1 amide bonds. The van der Waals surface area contributed by atoms with Crippen molar-refractivity contribution in [2.75, 3.05) is 40.3 Å². The molecule has 0 radical (unpaired) electrons. The molecular formula is C20H31N5O2. The smallest absolute Gasteiger partial charge is 0.233 e. The largest absolute Gasteiger partial charge is 0.489 e. The first kappa shape index (κ1) is 20.8. The standard InChI is InChI=1S/C20H31N5O2/c1-4-13-27-18-8-6-5-7-16(18)14-23-20(22-3)24-17-9-11-25(12-10-17)15-19(26)21-2/h4-8,17H,1,9-15H2,2-3H3,(H,21,26)(H2,22,23,24). The van der Waals surface area contributed by atoms with Gasteiger partial charge < -0.3 is 20.7 Å². The van der Waals surface area contributed by atoms with E-state index in [0.717, 1.165) is 43.2 Å². The van der Waals surface area contributed by atoms with Crippen molar-refractivity contribution in [3.05, 3.63) is 42.5 Å². The van der Waals surface area contributed by atoms with Crippen LogP contribution in [0.1, 0.15) is 18.4 Å². The fraction of sp³-hybridized carbons (Fsp3) is 0.500. The monoisotopic (exact) mass is 373 g/mol. The van der Waals surface area contributed by atoms with E-state index >= 15 is 0 Å². The molecule has 1 heterocycles. The van der Waals surface area contributed by atoms with Gasteiger partial charge in [0.2, 0.25) is 5.91 Å². The molecule has 1 fully saturated rings. The number of hydrogen-bond acceptors (Lipinski definition) is 4. The van der Waals surface area contributed by atoms with Gasteiger partial charge in [-0.3, -0.25) is 14.7 Å². The number of rotatable bonds is 8. The minimum Gasteiger partial charge on any atom is -0.489 e. The van der Waals surface area contributed by atoms with E-state index < -0.39 is 0 Å². The van der Waals surface area contributed by atoms with Crippen LogP contribution in [-0.4, -0.2) is 63.1 Å². The second-order valence-corrected chi connectivity index (χ2v) is 6.50. The summed E-state index contributed by atoms with van der Waals surface area (Å²) in [5.41, 5.74) is 1.07. The Morgan fingerprint density at radius 2 is 2.11 bits per heavy atom. The average molecular weight is 374 g/mol. The number of carbonyl (C=O) groups excluding carboxylic acids is 1. The molecule has 7 nitrogen and oxygen atoms in total. The Labute approximate surface area is 161 Å². The van der Waals surface area contributed by atoms with Gasteiger partial charge in [0.1, 0.15) is 12.4 Å². The molecule has 1 aliphatic heterocycles. The summed E-state index contributed by atoms with van der Waals surface area (Å²) in [6, 6.07) is 8.30. The Hall–Kier alpha value is -2.54. The van der Waals surface area contributed by atoms with Gasteiger partial charge in [-0.2, -0.15) is 0 Å². The van der Waals surface area contributed by atoms with Gasteiger partial charge >= 0.3 is 0 Å². The number of ether oxygens (including phenoxy) is 1. The van der Waals surface area contributed by atoms with E-state index in [0.29, 0.717) is 25.7 Å². The predicted octanol–water partition coefficient (Wildman–Crippen LogP) is 1.13. The zero-order valence-electron chi connectivity index (χ0n) is 16.3. The zero-order valence-corrected chi connectivity index (χ0v) is 16.3. The van der Waals surface area contributed by atoms with Gasteiger partial charge in [-0.05, 0) is 18.9 Å². The van der Waals surface area contributed by atoms with Crippen molar-refractivity contribution in [3.63, 3.8) is 0 Å². The number of amides is 1. The summed E-state index contributed by atoms with van der Waals surface area (Å²) in [6.45, 7) is 7.08. The summed E-state index contributed by atoms with van der Waals surface area (Å²) in [7, 11) is 3.45. The molecule has 3 N–H and O–H groups in total. The second kappa shape index (κ2) is 11.2. The summed E-state index contributed by atoms with van der Waals surface area (Å²) in [5, 5.41) is 9.51. The van der Waals surface area contributed by atoms with Crippen LogP contribution in [0.15, 0.2) is 41.9 Å². The number of nitrogens with one attached hydrogen (secondary N) is 3. The van der Waals surface area contributed by atoms with Crippen LogP contribution in [-0.2, 0) is 11.3 Å². The van der Waals surface area contributed by atoms with Crippen molar-refractivity contribution < 1.29 is 9.53 Å². The maximum absolute atomic E-state index is 11.5. The Kier molecular flexibility index (Phi) is 8.64. The quantitative estimate of drug-likeness (QED) is 0.362. The molecule has 1 saturated heterocycles. The van der Waals surface area contributed by atoms with E-state index in [1.807, 2.05) is 24.3 Å². The molecule has 0 saturated carbocycles. The molecule has 0 bridgehead atoms. The average Bonchev–Trinajstić information content (AvgIpc) is 2.71.